The largest absolute Gasteiger partial charge is 0.462 e. The maximum absolute atomic E-state index is 12.9. The van der Waals surface area contributed by atoms with Crippen LogP contribution >= 0.6 is 0 Å². The van der Waals surface area contributed by atoms with Crippen molar-refractivity contribution in [2.45, 2.75) is 335 Å². The van der Waals surface area contributed by atoms with E-state index in [1.807, 2.05) is 0 Å². The molecule has 0 N–H and O–H groups in total. The molecule has 0 aliphatic rings. The summed E-state index contributed by atoms with van der Waals surface area (Å²) in [4.78, 5) is 38.3. The highest BCUT2D eigenvalue weighted by Gasteiger charge is 2.19. The van der Waals surface area contributed by atoms with E-state index in [1.165, 1.54) is 193 Å². The molecule has 1 atom stereocenters. The summed E-state index contributed by atoms with van der Waals surface area (Å²) >= 11 is 0. The van der Waals surface area contributed by atoms with Gasteiger partial charge in [-0.3, -0.25) is 14.4 Å². The van der Waals surface area contributed by atoms with Crippen molar-refractivity contribution in [1.82, 2.24) is 0 Å². The normalized spacial score (nSPS) is 12.5. The third-order valence-corrected chi connectivity index (χ3v) is 14.2. The molecule has 0 saturated carbocycles. The van der Waals surface area contributed by atoms with Crippen molar-refractivity contribution < 1.29 is 28.6 Å². The third-order valence-electron chi connectivity index (χ3n) is 14.2. The second-order valence-corrected chi connectivity index (χ2v) is 21.6. The van der Waals surface area contributed by atoms with Gasteiger partial charge in [0.2, 0.25) is 0 Å². The molecule has 0 aliphatic carbocycles. The van der Waals surface area contributed by atoms with E-state index in [1.54, 1.807) is 0 Å². The smallest absolute Gasteiger partial charge is 0.306 e. The number of carbonyl (C=O) groups excluding carboxylic acids is 3. The zero-order valence-corrected chi connectivity index (χ0v) is 49.8. The molecule has 0 bridgehead atoms. The predicted octanol–water partition coefficient (Wildman–Crippen LogP) is 22.1. The number of allylic oxidation sites excluding steroid dienone is 12. The fraction of sp³-hybridized carbons (Fsp3) is 0.783. The second-order valence-electron chi connectivity index (χ2n) is 21.6. The van der Waals surface area contributed by atoms with Crippen LogP contribution in [0.2, 0.25) is 0 Å². The Morgan fingerprint density at radius 3 is 0.840 bits per heavy atom. The van der Waals surface area contributed by atoms with E-state index >= 15 is 0 Å². The third kappa shape index (κ3) is 61.6. The first-order chi connectivity index (χ1) is 37.0. The lowest BCUT2D eigenvalue weighted by molar-refractivity contribution is -0.167. The summed E-state index contributed by atoms with van der Waals surface area (Å²) in [6, 6.07) is 0. The van der Waals surface area contributed by atoms with Crippen molar-refractivity contribution in [3.05, 3.63) is 72.9 Å². The van der Waals surface area contributed by atoms with Crippen LogP contribution in [-0.2, 0) is 28.6 Å². The molecule has 0 fully saturated rings. The number of unbranched alkanes of at least 4 members (excludes halogenated alkanes) is 36. The number of ether oxygens (including phenoxy) is 3. The number of esters is 3. The van der Waals surface area contributed by atoms with Gasteiger partial charge in [-0.2, -0.15) is 0 Å². The first kappa shape index (κ1) is 71.8. The maximum atomic E-state index is 12.9. The summed E-state index contributed by atoms with van der Waals surface area (Å²) in [6.45, 7) is 6.54. The van der Waals surface area contributed by atoms with Gasteiger partial charge < -0.3 is 14.2 Å². The molecule has 0 aliphatic heterocycles. The Morgan fingerprint density at radius 2 is 0.520 bits per heavy atom. The Labute approximate surface area is 465 Å². The summed E-state index contributed by atoms with van der Waals surface area (Å²) in [5, 5.41) is 0. The fourth-order valence-electron chi connectivity index (χ4n) is 9.35. The minimum absolute atomic E-state index is 0.0872. The van der Waals surface area contributed by atoms with Crippen LogP contribution in [0.25, 0.3) is 0 Å². The molecule has 6 nitrogen and oxygen atoms in total. The molecule has 75 heavy (non-hydrogen) atoms. The quantitative estimate of drug-likeness (QED) is 0.0261. The Bertz CT molecular complexity index is 1390. The van der Waals surface area contributed by atoms with Gasteiger partial charge in [-0.1, -0.05) is 293 Å². The van der Waals surface area contributed by atoms with E-state index in [-0.39, 0.29) is 31.1 Å². The predicted molar refractivity (Wildman–Crippen MR) is 325 cm³/mol. The van der Waals surface area contributed by atoms with Gasteiger partial charge in [0.05, 0.1) is 0 Å². The SMILES string of the molecule is CC/C=C\C/C=C\C/C=C\C/C=C\C/C=C\CCCCCC(=O)O[C@H](COC(=O)CCCCCCCCC/C=C\CCCCCCCC)COC(=O)CCCCCCCCCCCCCCCCCCCCCCC. The Balaban J connectivity index is 4.40. The van der Waals surface area contributed by atoms with E-state index in [9.17, 15) is 14.4 Å². The van der Waals surface area contributed by atoms with Gasteiger partial charge in [0.1, 0.15) is 13.2 Å². The van der Waals surface area contributed by atoms with Gasteiger partial charge >= 0.3 is 17.9 Å². The van der Waals surface area contributed by atoms with E-state index in [4.69, 9.17) is 14.2 Å². The topological polar surface area (TPSA) is 78.9 Å². The van der Waals surface area contributed by atoms with Crippen LogP contribution in [0.1, 0.15) is 329 Å². The zero-order chi connectivity index (χ0) is 54.3. The van der Waals surface area contributed by atoms with Crippen LogP contribution in [0.5, 0.6) is 0 Å². The zero-order valence-electron chi connectivity index (χ0n) is 49.8. The summed E-state index contributed by atoms with van der Waals surface area (Å²) in [5.41, 5.74) is 0. The number of rotatable bonds is 59. The Kier molecular flexibility index (Phi) is 60.7. The first-order valence-electron chi connectivity index (χ1n) is 32.4. The Morgan fingerprint density at radius 1 is 0.280 bits per heavy atom. The highest BCUT2D eigenvalue weighted by Crippen LogP contribution is 2.17. The van der Waals surface area contributed by atoms with Crippen molar-refractivity contribution in [1.29, 1.82) is 0 Å². The molecule has 434 valence electrons. The molecule has 0 spiro atoms. The van der Waals surface area contributed by atoms with Gasteiger partial charge in [0, 0.05) is 19.3 Å². The monoisotopic (exact) mass is 1050 g/mol. The lowest BCUT2D eigenvalue weighted by Gasteiger charge is -2.18. The summed E-state index contributed by atoms with van der Waals surface area (Å²) < 4.78 is 16.9. The molecular formula is C69H122O6. The number of carbonyl (C=O) groups is 3. The molecule has 0 amide bonds. The molecule has 0 aromatic carbocycles. The Hall–Kier alpha value is -3.15. The molecule has 0 heterocycles. The van der Waals surface area contributed by atoms with Crippen LogP contribution in [0, 0.1) is 0 Å². The highest BCUT2D eigenvalue weighted by atomic mass is 16.6. The van der Waals surface area contributed by atoms with Crippen LogP contribution < -0.4 is 0 Å². The summed E-state index contributed by atoms with van der Waals surface area (Å²) in [6.07, 6.45) is 81.9. The number of hydrogen-bond acceptors (Lipinski definition) is 6. The van der Waals surface area contributed by atoms with Gasteiger partial charge in [-0.15, -0.1) is 0 Å². The minimum atomic E-state index is -0.795. The van der Waals surface area contributed by atoms with Gasteiger partial charge in [-0.25, -0.2) is 0 Å². The van der Waals surface area contributed by atoms with Crippen LogP contribution in [0.15, 0.2) is 72.9 Å². The lowest BCUT2D eigenvalue weighted by Crippen LogP contribution is -2.30. The first-order valence-corrected chi connectivity index (χ1v) is 32.4. The molecule has 0 unspecified atom stereocenters. The van der Waals surface area contributed by atoms with Crippen LogP contribution in [-0.4, -0.2) is 37.2 Å². The maximum Gasteiger partial charge on any atom is 0.306 e. The minimum Gasteiger partial charge on any atom is -0.462 e. The van der Waals surface area contributed by atoms with Crippen molar-refractivity contribution in [2.75, 3.05) is 13.2 Å². The standard InChI is InChI=1S/C69H122O6/c1-4-7-10-13-16-19-22-25-28-31-33-34-36-38-41-44-47-50-53-56-59-62-68(71)74-65-66(64-73-67(70)61-58-55-52-49-46-43-40-37-30-27-24-21-18-15-12-9-6-3)75-69(72)63-60-57-54-51-48-45-42-39-35-32-29-26-23-20-17-14-11-8-5-2/h8,11,17,20,26-27,29-30,35,39,45,48,66H,4-7,9-10,12-16,18-19,21-25,28,31-34,36-38,40-44,46-47,49-65H2,1-3H3/b11-8-,20-17-,29-26-,30-27-,39-35-,48-45-/t66-/m1/s1. The van der Waals surface area contributed by atoms with Gasteiger partial charge in [0.15, 0.2) is 6.10 Å². The molecular weight excluding hydrogens is 925 g/mol. The van der Waals surface area contributed by atoms with Crippen molar-refractivity contribution >= 4 is 17.9 Å². The summed E-state index contributed by atoms with van der Waals surface area (Å²) in [7, 11) is 0. The van der Waals surface area contributed by atoms with Crippen molar-refractivity contribution in [3.63, 3.8) is 0 Å². The molecule has 0 saturated heterocycles. The summed E-state index contributed by atoms with van der Waals surface area (Å²) in [5.74, 6) is -0.907. The van der Waals surface area contributed by atoms with Gasteiger partial charge in [-0.05, 0) is 89.9 Å². The van der Waals surface area contributed by atoms with E-state index in [2.05, 4.69) is 93.7 Å². The molecule has 0 aromatic heterocycles. The second kappa shape index (κ2) is 63.4. The molecule has 0 aromatic rings. The average Bonchev–Trinajstić information content (AvgIpc) is 3.41. The van der Waals surface area contributed by atoms with Crippen LogP contribution in [0.3, 0.4) is 0 Å². The highest BCUT2D eigenvalue weighted by molar-refractivity contribution is 5.71. The molecule has 0 radical (unpaired) electrons. The number of hydrogen-bond donors (Lipinski definition) is 0. The van der Waals surface area contributed by atoms with Crippen molar-refractivity contribution in [2.24, 2.45) is 0 Å². The lowest BCUT2D eigenvalue weighted by atomic mass is 10.0. The van der Waals surface area contributed by atoms with E-state index in [0.29, 0.717) is 19.3 Å². The van der Waals surface area contributed by atoms with Crippen LogP contribution in [0.4, 0.5) is 0 Å². The van der Waals surface area contributed by atoms with E-state index < -0.39 is 6.10 Å². The van der Waals surface area contributed by atoms with Gasteiger partial charge in [0.25, 0.3) is 0 Å². The molecule has 0 rings (SSSR count). The average molecular weight is 1050 g/mol. The fourth-order valence-corrected chi connectivity index (χ4v) is 9.35. The molecule has 6 heteroatoms. The van der Waals surface area contributed by atoms with E-state index in [0.717, 1.165) is 96.3 Å². The van der Waals surface area contributed by atoms with Crippen molar-refractivity contribution in [3.8, 4) is 0 Å².